The van der Waals surface area contributed by atoms with E-state index in [1.165, 1.54) is 12.5 Å². The molecule has 0 spiro atoms. The van der Waals surface area contributed by atoms with Crippen LogP contribution in [0, 0.1) is 0 Å². The molecule has 0 unspecified atom stereocenters. The Morgan fingerprint density at radius 1 is 1.04 bits per heavy atom. The molecule has 1 aliphatic rings. The highest BCUT2D eigenvalue weighted by molar-refractivity contribution is 5.94. The van der Waals surface area contributed by atoms with Crippen molar-refractivity contribution in [1.82, 2.24) is 24.8 Å². The number of para-hydroxylation sites is 1. The molecule has 1 aromatic carbocycles. The van der Waals surface area contributed by atoms with Crippen LogP contribution in [0.2, 0.25) is 0 Å². The number of aromatic nitrogens is 3. The lowest BCUT2D eigenvalue weighted by atomic mass is 10.2. The number of furan rings is 1. The first kappa shape index (κ1) is 15.4. The molecule has 0 N–H and O–H groups in total. The van der Waals surface area contributed by atoms with Crippen molar-refractivity contribution < 1.29 is 14.0 Å². The third kappa shape index (κ3) is 2.98. The van der Waals surface area contributed by atoms with Crippen molar-refractivity contribution in [2.75, 3.05) is 26.2 Å². The maximum absolute atomic E-state index is 12.5. The van der Waals surface area contributed by atoms with E-state index in [9.17, 15) is 9.59 Å². The summed E-state index contributed by atoms with van der Waals surface area (Å²) in [6.45, 7) is 2.18. The third-order valence-electron chi connectivity index (χ3n) is 4.39. The van der Waals surface area contributed by atoms with E-state index in [0.29, 0.717) is 31.7 Å². The van der Waals surface area contributed by atoms with Gasteiger partial charge in [0.05, 0.1) is 17.3 Å². The van der Waals surface area contributed by atoms with Crippen LogP contribution in [0.5, 0.6) is 0 Å². The number of carbonyl (C=O) groups excluding carboxylic acids is 2. The van der Waals surface area contributed by atoms with E-state index in [1.54, 1.807) is 20.5 Å². The highest BCUT2D eigenvalue weighted by Crippen LogP contribution is 2.12. The predicted octanol–water partition coefficient (Wildman–Crippen LogP) is 1.01. The van der Waals surface area contributed by atoms with Gasteiger partial charge in [0.2, 0.25) is 5.91 Å². The number of carbonyl (C=O) groups is 2. The van der Waals surface area contributed by atoms with Gasteiger partial charge in [0.15, 0.2) is 0 Å². The Balaban J connectivity index is 1.37. The molecule has 8 nitrogen and oxygen atoms in total. The zero-order valence-electron chi connectivity index (χ0n) is 13.5. The number of hydrogen-bond donors (Lipinski definition) is 0. The van der Waals surface area contributed by atoms with Crippen LogP contribution in [0.25, 0.3) is 11.0 Å². The molecule has 1 saturated heterocycles. The van der Waals surface area contributed by atoms with Crippen molar-refractivity contribution in [3.8, 4) is 0 Å². The monoisotopic (exact) mass is 339 g/mol. The lowest BCUT2D eigenvalue weighted by Gasteiger charge is -2.34. The molecule has 0 bridgehead atoms. The first-order valence-corrected chi connectivity index (χ1v) is 8.10. The topological polar surface area (TPSA) is 84.5 Å². The minimum Gasteiger partial charge on any atom is -0.472 e. The van der Waals surface area contributed by atoms with E-state index in [0.717, 1.165) is 11.0 Å². The Labute approximate surface area is 143 Å². The van der Waals surface area contributed by atoms with Crippen LogP contribution >= 0.6 is 0 Å². The van der Waals surface area contributed by atoms with Crippen molar-refractivity contribution in [2.24, 2.45) is 0 Å². The summed E-state index contributed by atoms with van der Waals surface area (Å²) < 4.78 is 6.56. The maximum atomic E-state index is 12.5. The van der Waals surface area contributed by atoms with E-state index < -0.39 is 0 Å². The first-order chi connectivity index (χ1) is 12.2. The summed E-state index contributed by atoms with van der Waals surface area (Å²) >= 11 is 0. The van der Waals surface area contributed by atoms with E-state index in [2.05, 4.69) is 10.3 Å². The Hall–Kier alpha value is -3.16. The van der Waals surface area contributed by atoms with Gasteiger partial charge in [-0.05, 0) is 18.2 Å². The van der Waals surface area contributed by atoms with Gasteiger partial charge in [-0.2, -0.15) is 0 Å². The first-order valence-electron chi connectivity index (χ1n) is 8.10. The fraction of sp³-hybridized carbons (Fsp3) is 0.294. The van der Waals surface area contributed by atoms with E-state index in [4.69, 9.17) is 4.42 Å². The molecule has 1 aliphatic heterocycles. The molecule has 3 aromatic rings. The number of rotatable bonds is 3. The summed E-state index contributed by atoms with van der Waals surface area (Å²) in [5.41, 5.74) is 2.14. The van der Waals surface area contributed by atoms with Crippen molar-refractivity contribution in [2.45, 2.75) is 6.54 Å². The number of nitrogens with zero attached hydrogens (tertiary/aromatic N) is 5. The molecule has 128 valence electrons. The van der Waals surface area contributed by atoms with Crippen LogP contribution in [0.1, 0.15) is 10.4 Å². The summed E-state index contributed by atoms with van der Waals surface area (Å²) in [6.07, 6.45) is 2.92. The van der Waals surface area contributed by atoms with Crippen molar-refractivity contribution in [3.63, 3.8) is 0 Å². The van der Waals surface area contributed by atoms with Gasteiger partial charge in [-0.1, -0.05) is 17.3 Å². The smallest absolute Gasteiger partial charge is 0.257 e. The summed E-state index contributed by atoms with van der Waals surface area (Å²) in [7, 11) is 0. The number of amides is 2. The Morgan fingerprint density at radius 3 is 2.56 bits per heavy atom. The minimum atomic E-state index is -0.0666. The zero-order valence-corrected chi connectivity index (χ0v) is 13.5. The fourth-order valence-corrected chi connectivity index (χ4v) is 2.99. The second-order valence-corrected chi connectivity index (χ2v) is 5.92. The van der Waals surface area contributed by atoms with Gasteiger partial charge in [0, 0.05) is 26.2 Å². The van der Waals surface area contributed by atoms with Crippen LogP contribution in [-0.4, -0.2) is 62.8 Å². The summed E-state index contributed by atoms with van der Waals surface area (Å²) in [6, 6.07) is 9.19. The van der Waals surface area contributed by atoms with Crippen molar-refractivity contribution >= 4 is 22.8 Å². The molecule has 0 aliphatic carbocycles. The van der Waals surface area contributed by atoms with Gasteiger partial charge in [-0.3, -0.25) is 9.59 Å². The maximum Gasteiger partial charge on any atom is 0.257 e. The predicted molar refractivity (Wildman–Crippen MR) is 88.7 cm³/mol. The SMILES string of the molecule is O=C(Cn1nnc2ccccc21)N1CCN(C(=O)c2ccoc2)CC1. The molecule has 8 heteroatoms. The highest BCUT2D eigenvalue weighted by atomic mass is 16.3. The number of fused-ring (bicyclic) bond motifs is 1. The summed E-state index contributed by atoms with van der Waals surface area (Å²) in [4.78, 5) is 28.3. The third-order valence-corrected chi connectivity index (χ3v) is 4.39. The molecular formula is C17H17N5O3. The molecule has 25 heavy (non-hydrogen) atoms. The molecule has 0 atom stereocenters. The molecule has 1 fully saturated rings. The molecule has 0 radical (unpaired) electrons. The largest absolute Gasteiger partial charge is 0.472 e. The number of piperazine rings is 1. The lowest BCUT2D eigenvalue weighted by molar-refractivity contribution is -0.133. The lowest BCUT2D eigenvalue weighted by Crippen LogP contribution is -2.51. The normalized spacial score (nSPS) is 14.9. The average molecular weight is 339 g/mol. The van der Waals surface area contributed by atoms with Gasteiger partial charge >= 0.3 is 0 Å². The van der Waals surface area contributed by atoms with Crippen LogP contribution in [0.3, 0.4) is 0 Å². The van der Waals surface area contributed by atoms with Gasteiger partial charge in [0.25, 0.3) is 5.91 Å². The Morgan fingerprint density at radius 2 is 1.80 bits per heavy atom. The van der Waals surface area contributed by atoms with Crippen LogP contribution in [-0.2, 0) is 11.3 Å². The molecular weight excluding hydrogens is 322 g/mol. The van der Waals surface area contributed by atoms with Gasteiger partial charge < -0.3 is 14.2 Å². The number of hydrogen-bond acceptors (Lipinski definition) is 5. The quantitative estimate of drug-likeness (QED) is 0.711. The second kappa shape index (κ2) is 6.39. The van der Waals surface area contributed by atoms with Crippen molar-refractivity contribution in [3.05, 3.63) is 48.4 Å². The molecule has 3 heterocycles. The number of benzene rings is 1. The Bertz CT molecular complexity index is 894. The summed E-state index contributed by atoms with van der Waals surface area (Å²) in [5.74, 6) is -0.0887. The Kier molecular flexibility index (Phi) is 3.93. The molecule has 2 amide bonds. The molecule has 2 aromatic heterocycles. The standard InChI is InChI=1S/C17H17N5O3/c23-16(11-22-15-4-2-1-3-14(15)18-19-22)20-6-8-21(9-7-20)17(24)13-5-10-25-12-13/h1-5,10,12H,6-9,11H2. The van der Waals surface area contributed by atoms with Crippen molar-refractivity contribution in [1.29, 1.82) is 0 Å². The summed E-state index contributed by atoms with van der Waals surface area (Å²) in [5, 5.41) is 8.11. The van der Waals surface area contributed by atoms with Gasteiger partial charge in [0.1, 0.15) is 18.3 Å². The fourth-order valence-electron chi connectivity index (χ4n) is 2.99. The minimum absolute atomic E-state index is 0.0222. The van der Waals surface area contributed by atoms with Crippen LogP contribution < -0.4 is 0 Å². The van der Waals surface area contributed by atoms with E-state index in [-0.39, 0.29) is 18.4 Å². The zero-order chi connectivity index (χ0) is 17.2. The highest BCUT2D eigenvalue weighted by Gasteiger charge is 2.25. The molecule has 0 saturated carbocycles. The van der Waals surface area contributed by atoms with Gasteiger partial charge in [-0.15, -0.1) is 5.10 Å². The van der Waals surface area contributed by atoms with Crippen LogP contribution in [0.4, 0.5) is 0 Å². The average Bonchev–Trinajstić information content (AvgIpc) is 3.32. The van der Waals surface area contributed by atoms with Crippen LogP contribution in [0.15, 0.2) is 47.3 Å². The van der Waals surface area contributed by atoms with Gasteiger partial charge in [-0.25, -0.2) is 4.68 Å². The van der Waals surface area contributed by atoms with E-state index >= 15 is 0 Å². The second-order valence-electron chi connectivity index (χ2n) is 5.92. The van der Waals surface area contributed by atoms with E-state index in [1.807, 2.05) is 24.3 Å². The molecule has 4 rings (SSSR count).